The van der Waals surface area contributed by atoms with Gasteiger partial charge in [-0.2, -0.15) is 0 Å². The zero-order valence-corrected chi connectivity index (χ0v) is 22.0. The van der Waals surface area contributed by atoms with Crippen molar-refractivity contribution in [3.63, 3.8) is 0 Å². The highest BCUT2D eigenvalue weighted by Crippen LogP contribution is 2.46. The van der Waals surface area contributed by atoms with Gasteiger partial charge in [-0.15, -0.1) is 0 Å². The van der Waals surface area contributed by atoms with Crippen LogP contribution in [-0.2, 0) is 0 Å². The minimum Gasteiger partial charge on any atom is -0.455 e. The molecule has 0 saturated carbocycles. The van der Waals surface area contributed by atoms with E-state index >= 15 is 0 Å². The lowest BCUT2D eigenvalue weighted by Crippen LogP contribution is -1.91. The Balaban J connectivity index is 1.43. The predicted molar refractivity (Wildman–Crippen MR) is 183 cm³/mol. The van der Waals surface area contributed by atoms with Gasteiger partial charge < -0.3 is 4.42 Å². The van der Waals surface area contributed by atoms with Gasteiger partial charge in [0, 0.05) is 21.9 Å². The Hall–Kier alpha value is -5.66. The third-order valence-electron chi connectivity index (χ3n) is 7.56. The fourth-order valence-corrected chi connectivity index (χ4v) is 5.73. The number of hydrogen-bond donors (Lipinski definition) is 0. The van der Waals surface area contributed by atoms with Crippen molar-refractivity contribution in [2.75, 3.05) is 0 Å². The van der Waals surface area contributed by atoms with Crippen molar-refractivity contribution in [3.8, 4) is 33.4 Å². The average molecular weight is 565 g/mol. The molecule has 0 bridgehead atoms. The lowest BCUT2D eigenvalue weighted by Gasteiger charge is -2.18. The van der Waals surface area contributed by atoms with Gasteiger partial charge in [0.15, 0.2) is 0 Å². The molecule has 0 radical (unpaired) electrons. The summed E-state index contributed by atoms with van der Waals surface area (Å²) in [7, 11) is 0. The maximum absolute atomic E-state index is 9.46. The molecule has 0 aliphatic carbocycles. The minimum absolute atomic E-state index is 0.00127. The van der Waals surface area contributed by atoms with Gasteiger partial charge in [0.2, 0.25) is 0 Å². The smallest absolute Gasteiger partial charge is 0.143 e. The third kappa shape index (κ3) is 3.65. The number of para-hydroxylation sites is 2. The summed E-state index contributed by atoms with van der Waals surface area (Å²) in [6.45, 7) is 0. The Labute approximate surface area is 274 Å². The molecule has 0 spiro atoms. The number of furan rings is 1. The van der Waals surface area contributed by atoms with E-state index in [1.54, 1.807) is 48.5 Å². The summed E-state index contributed by atoms with van der Waals surface area (Å²) in [6.07, 6.45) is 0. The van der Waals surface area contributed by atoms with Gasteiger partial charge in [-0.25, -0.2) is 0 Å². The van der Waals surface area contributed by atoms with Gasteiger partial charge in [-0.3, -0.25) is 0 Å². The predicted octanol–water partition coefficient (Wildman–Crippen LogP) is 12.0. The van der Waals surface area contributed by atoms with Crippen LogP contribution < -0.4 is 0 Å². The molecular weight excluding hydrogens is 520 g/mol. The van der Waals surface area contributed by atoms with Gasteiger partial charge in [0.05, 0.1) is 24.7 Å². The highest BCUT2D eigenvalue weighted by Gasteiger charge is 2.20. The number of benzene rings is 8. The normalized spacial score (nSPS) is 17.6. The zero-order valence-electron chi connectivity index (χ0n) is 40.0. The summed E-state index contributed by atoms with van der Waals surface area (Å²) in [5, 5.41) is 0.451. The highest BCUT2D eigenvalue weighted by atomic mass is 16.3. The van der Waals surface area contributed by atoms with Crippen molar-refractivity contribution in [1.82, 2.24) is 0 Å². The van der Waals surface area contributed by atoms with Crippen LogP contribution in [0.3, 0.4) is 0 Å². The third-order valence-corrected chi connectivity index (χ3v) is 7.56. The summed E-state index contributed by atoms with van der Waals surface area (Å²) in [6, 6.07) is 2.39. The van der Waals surface area contributed by atoms with Gasteiger partial charge in [0.25, 0.3) is 0 Å². The van der Waals surface area contributed by atoms with E-state index in [0.717, 1.165) is 0 Å². The lowest BCUT2D eigenvalue weighted by atomic mass is 9.85. The molecule has 9 aromatic rings. The molecular formula is C42H26O. The Kier molecular flexibility index (Phi) is 2.70. The Bertz CT molecular complexity index is 3420. The van der Waals surface area contributed by atoms with E-state index in [2.05, 4.69) is 0 Å². The summed E-state index contributed by atoms with van der Waals surface area (Å²) < 4.78 is 164. The molecule has 0 N–H and O–H groups in total. The van der Waals surface area contributed by atoms with E-state index in [4.69, 9.17) is 22.2 Å². The first-order valence-corrected chi connectivity index (χ1v) is 13.3. The Morgan fingerprint density at radius 1 is 0.395 bits per heavy atom. The first-order chi connectivity index (χ1) is 28.8. The van der Waals surface area contributed by atoms with E-state index in [-0.39, 0.29) is 38.6 Å². The Morgan fingerprint density at radius 3 is 1.67 bits per heavy atom. The molecule has 0 aliphatic rings. The first-order valence-electron chi connectivity index (χ1n) is 22.3. The average Bonchev–Trinajstić information content (AvgIpc) is 3.65. The van der Waals surface area contributed by atoms with E-state index in [1.165, 1.54) is 0 Å². The molecule has 1 heterocycles. The van der Waals surface area contributed by atoms with Crippen LogP contribution in [0.1, 0.15) is 24.7 Å². The van der Waals surface area contributed by atoms with Crippen molar-refractivity contribution in [1.29, 1.82) is 0 Å². The number of hydrogen-bond acceptors (Lipinski definition) is 1. The zero-order chi connectivity index (χ0) is 44.0. The number of fused-ring (bicyclic) bond motifs is 6. The van der Waals surface area contributed by atoms with Gasteiger partial charge >= 0.3 is 0 Å². The van der Waals surface area contributed by atoms with Crippen LogP contribution in [0.5, 0.6) is 0 Å². The second kappa shape index (κ2) is 9.44. The fraction of sp³-hybridized carbons (Fsp3) is 0. The second-order valence-corrected chi connectivity index (χ2v) is 9.85. The largest absolute Gasteiger partial charge is 0.455 e. The van der Waals surface area contributed by atoms with Gasteiger partial charge in [-0.05, 0) is 60.6 Å². The van der Waals surface area contributed by atoms with Crippen LogP contribution in [0.15, 0.2) is 162 Å². The SMILES string of the molecule is [2H]c1c([2H])c(-c2c([2H])c([2H])c([2H])c3c([2H])c([2H])c([2H])c([2H])c23)c([2H])c([2H])c1-c1c2ccccc2c(-c2c([2H])c([2H])c([2H])c3c2oc2c([2H])c([2H])c([2H])c([2H])c23)c2ccccc12. The minimum atomic E-state index is -0.735. The van der Waals surface area contributed by atoms with Crippen molar-refractivity contribution < 1.29 is 29.1 Å². The summed E-state index contributed by atoms with van der Waals surface area (Å²) in [5.41, 5.74) is -1.02. The molecule has 0 saturated heterocycles. The quantitative estimate of drug-likeness (QED) is 0.195. The molecule has 43 heavy (non-hydrogen) atoms. The molecule has 0 amide bonds. The van der Waals surface area contributed by atoms with Crippen LogP contribution >= 0.6 is 0 Å². The first kappa shape index (κ1) is 12.3. The molecule has 1 nitrogen and oxygen atoms in total. The van der Waals surface area contributed by atoms with E-state index in [1.807, 2.05) is 0 Å². The topological polar surface area (TPSA) is 13.1 Å². The van der Waals surface area contributed by atoms with Crippen molar-refractivity contribution in [2.24, 2.45) is 0 Å². The van der Waals surface area contributed by atoms with E-state index in [9.17, 15) is 6.85 Å². The van der Waals surface area contributed by atoms with Gasteiger partial charge in [-0.1, -0.05) is 151 Å². The van der Waals surface area contributed by atoms with Crippen LogP contribution in [0.2, 0.25) is 0 Å². The molecule has 8 aromatic carbocycles. The van der Waals surface area contributed by atoms with Crippen molar-refractivity contribution >= 4 is 54.3 Å². The van der Waals surface area contributed by atoms with Crippen LogP contribution in [-0.4, -0.2) is 0 Å². The van der Waals surface area contributed by atoms with E-state index in [0.29, 0.717) is 27.1 Å². The molecule has 1 heteroatoms. The second-order valence-electron chi connectivity index (χ2n) is 9.85. The molecule has 9 rings (SSSR count). The molecule has 0 atom stereocenters. The number of rotatable bonds is 3. The van der Waals surface area contributed by atoms with Crippen LogP contribution in [0.4, 0.5) is 0 Å². The van der Waals surface area contributed by atoms with Gasteiger partial charge in [0.1, 0.15) is 11.2 Å². The summed E-state index contributed by atoms with van der Waals surface area (Å²) in [5.74, 6) is 0. The highest BCUT2D eigenvalue weighted by molar-refractivity contribution is 6.24. The molecule has 1 aromatic heterocycles. The maximum atomic E-state index is 9.46. The lowest BCUT2D eigenvalue weighted by molar-refractivity contribution is 0.670. The fourth-order valence-electron chi connectivity index (χ4n) is 5.73. The summed E-state index contributed by atoms with van der Waals surface area (Å²) >= 11 is 0. The maximum Gasteiger partial charge on any atom is 0.143 e. The standard InChI is InChI=1S/C42H26O/c1-2-13-30-27(11-1)12-9-19-31(30)28-23-25-29(26-24-28)40-33-15-3-5-17-35(33)41(36-18-6-4-16-34(36)40)38-21-10-20-37-32-14-7-8-22-39(32)43-42(37)38/h1-26H/i1D,2D,7D,8D,9D,10D,11D,12D,13D,14D,19D,20D,21D,22D,23D,24D,25D,26D. The van der Waals surface area contributed by atoms with Crippen LogP contribution in [0, 0.1) is 0 Å². The monoisotopic (exact) mass is 564 g/mol. The molecule has 0 fully saturated rings. The van der Waals surface area contributed by atoms with E-state index < -0.39 is 131 Å². The molecule has 0 aliphatic heterocycles. The van der Waals surface area contributed by atoms with Crippen LogP contribution in [0.25, 0.3) is 87.6 Å². The summed E-state index contributed by atoms with van der Waals surface area (Å²) in [4.78, 5) is 0. The Morgan fingerprint density at radius 2 is 0.930 bits per heavy atom. The molecule has 200 valence electrons. The van der Waals surface area contributed by atoms with Crippen molar-refractivity contribution in [2.45, 2.75) is 0 Å². The molecule has 0 unspecified atom stereocenters. The van der Waals surface area contributed by atoms with Crippen molar-refractivity contribution in [3.05, 3.63) is 157 Å².